The highest BCUT2D eigenvalue weighted by Gasteiger charge is 2.12. The fourth-order valence-corrected chi connectivity index (χ4v) is 1.98. The SMILES string of the molecule is C/C=C/C(=O)O.C=CC(CCCCCCC(C)(C)C)C(=O)O.C=COC(C)=O. The highest BCUT2D eigenvalue weighted by Crippen LogP contribution is 2.22. The van der Waals surface area contributed by atoms with Crippen LogP contribution in [0.5, 0.6) is 0 Å². The fourth-order valence-electron chi connectivity index (χ4n) is 1.98. The number of esters is 1. The van der Waals surface area contributed by atoms with Crippen molar-refractivity contribution in [3.63, 3.8) is 0 Å². The minimum Gasteiger partial charge on any atom is -0.481 e. The largest absolute Gasteiger partial charge is 0.481 e. The van der Waals surface area contributed by atoms with Crippen LogP contribution in [0, 0.1) is 11.3 Å². The maximum Gasteiger partial charge on any atom is 0.327 e. The van der Waals surface area contributed by atoms with Crippen LogP contribution in [-0.2, 0) is 19.1 Å². The molecule has 0 radical (unpaired) electrons. The van der Waals surface area contributed by atoms with Crippen LogP contribution in [0.3, 0.4) is 0 Å². The van der Waals surface area contributed by atoms with E-state index in [1.807, 2.05) is 0 Å². The Kier molecular flexibility index (Phi) is 21.0. The van der Waals surface area contributed by atoms with Gasteiger partial charge in [0.1, 0.15) is 0 Å². The number of hydrogen-bond acceptors (Lipinski definition) is 4. The van der Waals surface area contributed by atoms with Crippen molar-refractivity contribution in [1.29, 1.82) is 0 Å². The van der Waals surface area contributed by atoms with Crippen LogP contribution in [-0.4, -0.2) is 28.1 Å². The van der Waals surface area contributed by atoms with E-state index in [2.05, 4.69) is 38.7 Å². The van der Waals surface area contributed by atoms with Crippen molar-refractivity contribution in [1.82, 2.24) is 0 Å². The van der Waals surface area contributed by atoms with Gasteiger partial charge in [-0.15, -0.1) is 6.58 Å². The van der Waals surface area contributed by atoms with Crippen molar-refractivity contribution < 1.29 is 29.3 Å². The van der Waals surface area contributed by atoms with Crippen LogP contribution in [0.25, 0.3) is 0 Å². The number of rotatable bonds is 10. The molecule has 0 saturated heterocycles. The predicted molar refractivity (Wildman–Crippen MR) is 113 cm³/mol. The Hall–Kier alpha value is -2.37. The molecule has 0 rings (SSSR count). The first-order valence-corrected chi connectivity index (χ1v) is 9.40. The lowest BCUT2D eigenvalue weighted by molar-refractivity contribution is -0.140. The summed E-state index contributed by atoms with van der Waals surface area (Å²) < 4.78 is 4.17. The summed E-state index contributed by atoms with van der Waals surface area (Å²) in [6.45, 7) is 16.5. The predicted octanol–water partition coefficient (Wildman–Crippen LogP) is 5.60. The van der Waals surface area contributed by atoms with Gasteiger partial charge in [0.2, 0.25) is 0 Å². The lowest BCUT2D eigenvalue weighted by atomic mass is 9.89. The molecule has 0 heterocycles. The second-order valence-electron chi connectivity index (χ2n) is 7.31. The van der Waals surface area contributed by atoms with Gasteiger partial charge < -0.3 is 14.9 Å². The minimum atomic E-state index is -0.891. The molecule has 0 amide bonds. The van der Waals surface area contributed by atoms with Gasteiger partial charge in [-0.25, -0.2) is 4.79 Å². The van der Waals surface area contributed by atoms with Crippen molar-refractivity contribution in [3.05, 3.63) is 37.6 Å². The van der Waals surface area contributed by atoms with Crippen molar-refractivity contribution in [2.24, 2.45) is 11.3 Å². The smallest absolute Gasteiger partial charge is 0.327 e. The first kappa shape index (κ1) is 30.4. The fraction of sp³-hybridized carbons (Fsp3) is 0.591. The van der Waals surface area contributed by atoms with Gasteiger partial charge in [-0.2, -0.15) is 0 Å². The summed E-state index contributed by atoms with van der Waals surface area (Å²) in [5, 5.41) is 16.6. The van der Waals surface area contributed by atoms with E-state index < -0.39 is 11.9 Å². The molecule has 1 atom stereocenters. The van der Waals surface area contributed by atoms with Crippen molar-refractivity contribution in [3.8, 4) is 0 Å². The summed E-state index contributed by atoms with van der Waals surface area (Å²) in [5.41, 5.74) is 0.421. The number of ether oxygens (including phenoxy) is 1. The van der Waals surface area contributed by atoms with E-state index in [9.17, 15) is 14.4 Å². The van der Waals surface area contributed by atoms with Crippen LogP contribution in [0.4, 0.5) is 0 Å². The van der Waals surface area contributed by atoms with Gasteiger partial charge in [0, 0.05) is 13.0 Å². The molecule has 2 N–H and O–H groups in total. The van der Waals surface area contributed by atoms with Gasteiger partial charge in [0.15, 0.2) is 0 Å². The molecule has 0 spiro atoms. The summed E-state index contributed by atoms with van der Waals surface area (Å²) in [6, 6.07) is 0. The average molecular weight is 399 g/mol. The zero-order valence-corrected chi connectivity index (χ0v) is 18.1. The van der Waals surface area contributed by atoms with Crippen LogP contribution < -0.4 is 0 Å². The van der Waals surface area contributed by atoms with Crippen LogP contribution >= 0.6 is 0 Å². The molecule has 0 fully saturated rings. The first-order chi connectivity index (χ1) is 12.9. The van der Waals surface area contributed by atoms with Crippen LogP contribution in [0.15, 0.2) is 37.6 Å². The Morgan fingerprint density at radius 2 is 1.57 bits per heavy atom. The number of hydrogen-bond donors (Lipinski definition) is 2. The van der Waals surface area contributed by atoms with Crippen molar-refractivity contribution in [2.45, 2.75) is 73.1 Å². The number of carbonyl (C=O) groups is 3. The number of carboxylic acids is 2. The van der Waals surface area contributed by atoms with E-state index in [1.165, 1.54) is 38.3 Å². The highest BCUT2D eigenvalue weighted by atomic mass is 16.5. The van der Waals surface area contributed by atoms with Gasteiger partial charge >= 0.3 is 17.9 Å². The second-order valence-corrected chi connectivity index (χ2v) is 7.31. The van der Waals surface area contributed by atoms with Crippen molar-refractivity contribution >= 4 is 17.9 Å². The maximum absolute atomic E-state index is 10.7. The molecule has 0 aromatic rings. The Bertz CT molecular complexity index is 486. The Balaban J connectivity index is -0.000000426. The first-order valence-electron chi connectivity index (χ1n) is 9.40. The lowest BCUT2D eigenvalue weighted by Gasteiger charge is -2.17. The standard InChI is InChI=1S/C14H26O2.2C4H6O2/c1-5-12(13(15)16)10-8-6-7-9-11-14(2,3)4;1-3-6-4(2)5;1-2-3-4(5)6/h5,12H,1,6-11H2,2-4H3,(H,15,16);3H,1H2,2H3;2-3H,1H3,(H,5,6)/b;;3-2+. The number of carboxylic acid groups (broad SMARTS) is 2. The Morgan fingerprint density at radius 1 is 1.04 bits per heavy atom. The number of aliphatic carboxylic acids is 2. The third-order valence-corrected chi connectivity index (χ3v) is 3.35. The third-order valence-electron chi connectivity index (χ3n) is 3.35. The summed E-state index contributed by atoms with van der Waals surface area (Å²) in [5.74, 6) is -2.32. The van der Waals surface area contributed by atoms with Gasteiger partial charge in [-0.05, 0) is 25.2 Å². The maximum atomic E-state index is 10.7. The van der Waals surface area contributed by atoms with Gasteiger partial charge in [-0.1, -0.05) is 65.2 Å². The molecule has 0 aromatic carbocycles. The number of carbonyl (C=O) groups excluding carboxylic acids is 1. The van der Waals surface area contributed by atoms with Crippen LogP contribution in [0.1, 0.15) is 73.1 Å². The lowest BCUT2D eigenvalue weighted by Crippen LogP contribution is -2.10. The molecule has 162 valence electrons. The molecule has 28 heavy (non-hydrogen) atoms. The van der Waals surface area contributed by atoms with E-state index in [0.29, 0.717) is 5.41 Å². The summed E-state index contributed by atoms with van der Waals surface area (Å²) in [7, 11) is 0. The molecule has 0 saturated carbocycles. The molecule has 0 aliphatic carbocycles. The van der Waals surface area contributed by atoms with E-state index in [1.54, 1.807) is 6.92 Å². The zero-order chi connectivity index (χ0) is 22.6. The number of allylic oxidation sites excluding steroid dienone is 1. The van der Waals surface area contributed by atoms with E-state index in [-0.39, 0.29) is 11.9 Å². The van der Waals surface area contributed by atoms with E-state index in [4.69, 9.17) is 10.2 Å². The van der Waals surface area contributed by atoms with E-state index in [0.717, 1.165) is 31.6 Å². The minimum absolute atomic E-state index is 0.329. The number of unbranched alkanes of at least 4 members (excludes halogenated alkanes) is 3. The molecular formula is C22H38O6. The molecule has 6 heteroatoms. The molecule has 0 aromatic heterocycles. The third kappa shape index (κ3) is 31.4. The quantitative estimate of drug-likeness (QED) is 0.163. The molecule has 0 bridgehead atoms. The average Bonchev–Trinajstić information content (AvgIpc) is 2.53. The normalized spacial score (nSPS) is 11.2. The molecule has 1 unspecified atom stereocenters. The van der Waals surface area contributed by atoms with E-state index >= 15 is 0 Å². The molecular weight excluding hydrogens is 360 g/mol. The Labute approximate surface area is 170 Å². The Morgan fingerprint density at radius 3 is 1.82 bits per heavy atom. The van der Waals surface area contributed by atoms with Gasteiger partial charge in [0.05, 0.1) is 12.2 Å². The van der Waals surface area contributed by atoms with Gasteiger partial charge in [0.25, 0.3) is 0 Å². The summed E-state index contributed by atoms with van der Waals surface area (Å²) in [4.78, 5) is 30.0. The summed E-state index contributed by atoms with van der Waals surface area (Å²) >= 11 is 0. The zero-order valence-electron chi connectivity index (χ0n) is 18.1. The molecule has 0 aliphatic rings. The summed E-state index contributed by atoms with van der Waals surface area (Å²) in [6.07, 6.45) is 11.8. The second kappa shape index (κ2) is 19.4. The van der Waals surface area contributed by atoms with Gasteiger partial charge in [-0.3, -0.25) is 9.59 Å². The van der Waals surface area contributed by atoms with Crippen molar-refractivity contribution in [2.75, 3.05) is 0 Å². The highest BCUT2D eigenvalue weighted by molar-refractivity contribution is 5.79. The molecule has 6 nitrogen and oxygen atoms in total. The molecule has 0 aliphatic heterocycles. The monoisotopic (exact) mass is 398 g/mol. The topological polar surface area (TPSA) is 101 Å². The van der Waals surface area contributed by atoms with Crippen LogP contribution in [0.2, 0.25) is 0 Å².